The average Bonchev–Trinajstić information content (AvgIpc) is 4.10. The zero-order valence-corrected chi connectivity index (χ0v) is 38.4. The van der Waals surface area contributed by atoms with Gasteiger partial charge in [0.05, 0.1) is 11.9 Å². The first-order valence-electron chi connectivity index (χ1n) is 19.2. The number of fused-ring (bicyclic) bond motifs is 8. The second-order valence-electron chi connectivity index (χ2n) is 13.7. The Morgan fingerprint density at radius 1 is 0.562 bits per heavy atom. The van der Waals surface area contributed by atoms with E-state index >= 15 is 0 Å². The molecule has 2 aliphatic rings. The van der Waals surface area contributed by atoms with Gasteiger partial charge in [0.15, 0.2) is 0 Å². The fraction of sp³-hybridized carbons (Fsp3) is 0.0417. The van der Waals surface area contributed by atoms with Crippen LogP contribution in [0.15, 0.2) is 146 Å². The third kappa shape index (κ3) is 9.16. The molecule has 14 nitrogen and oxygen atoms in total. The van der Waals surface area contributed by atoms with Gasteiger partial charge in [0.1, 0.15) is 23.3 Å². The first-order valence-corrected chi connectivity index (χ1v) is 19.2. The van der Waals surface area contributed by atoms with Crippen LogP contribution in [0.2, 0.25) is 0 Å². The van der Waals surface area contributed by atoms with Crippen molar-refractivity contribution in [3.05, 3.63) is 189 Å². The van der Waals surface area contributed by atoms with Gasteiger partial charge < -0.3 is 44.4 Å². The monoisotopic (exact) mass is 1190 g/mol. The van der Waals surface area contributed by atoms with Gasteiger partial charge in [-0.25, -0.2) is 19.9 Å². The molecule has 6 aromatic heterocycles. The molecule has 64 heavy (non-hydrogen) atoms. The van der Waals surface area contributed by atoms with Crippen LogP contribution in [0.4, 0.5) is 40.5 Å². The maximum absolute atomic E-state index is 8.73. The summed E-state index contributed by atoms with van der Waals surface area (Å²) in [6.07, 6.45) is 6.78. The predicted octanol–water partition coefficient (Wildman–Crippen LogP) is 9.08. The van der Waals surface area contributed by atoms with Gasteiger partial charge in [0, 0.05) is 72.6 Å². The molecule has 0 bridgehead atoms. The smallest absolute Gasteiger partial charge is 0.143 e. The molecule has 0 atom stereocenters. The molecule has 0 saturated carbocycles. The van der Waals surface area contributed by atoms with Gasteiger partial charge in [-0.2, -0.15) is 65.9 Å². The van der Waals surface area contributed by atoms with Crippen LogP contribution in [0.1, 0.15) is 5.69 Å². The number of hydrogen-bond acceptors (Lipinski definition) is 11. The summed E-state index contributed by atoms with van der Waals surface area (Å²) in [6, 6.07) is 47.0. The van der Waals surface area contributed by atoms with E-state index in [9.17, 15) is 0 Å². The SMILES string of the molecule is CN1[CH-]N(c2[c-]cccc2)c2nccnc21.CN1[CH-]N(c2[c-]cccc2)c2nccnc21.N#Cc1ccc2c(n1)[n-]c1ccccc12.[C-]#[N+]c1ccc2c(n1)[n-]c1ccccc12.[Pt].[Pt]. The normalized spacial score (nSPS) is 12.0. The maximum Gasteiger partial charge on any atom is 0.143 e. The number of pyridine rings is 2. The number of anilines is 6. The Morgan fingerprint density at radius 3 is 1.48 bits per heavy atom. The molecule has 0 radical (unpaired) electrons. The number of rotatable bonds is 2. The van der Waals surface area contributed by atoms with Crippen molar-refractivity contribution in [3.63, 3.8) is 0 Å². The molecule has 16 heteroatoms. The molecule has 320 valence electrons. The topological polar surface area (TPSA) is 147 Å². The molecule has 0 unspecified atom stereocenters. The number of benzene rings is 4. The largest absolute Gasteiger partial charge is 0.487 e. The summed E-state index contributed by atoms with van der Waals surface area (Å²) in [4.78, 5) is 45.5. The van der Waals surface area contributed by atoms with Crippen LogP contribution in [0.25, 0.3) is 48.7 Å². The minimum atomic E-state index is 0. The van der Waals surface area contributed by atoms with Crippen molar-refractivity contribution in [3.8, 4) is 6.07 Å². The zero-order chi connectivity index (χ0) is 42.4. The molecule has 4 aromatic carbocycles. The molecule has 2 aliphatic heterocycles. The Kier molecular flexibility index (Phi) is 14.0. The fourth-order valence-corrected chi connectivity index (χ4v) is 6.90. The molecule has 0 aliphatic carbocycles. The quantitative estimate of drug-likeness (QED) is 0.152. The van der Waals surface area contributed by atoms with Crippen LogP contribution in [-0.4, -0.2) is 44.0 Å². The Bertz CT molecular complexity index is 3040. The molecular weight excluding hydrogens is 1160 g/mol. The van der Waals surface area contributed by atoms with Crippen molar-refractivity contribution < 1.29 is 42.1 Å². The van der Waals surface area contributed by atoms with E-state index in [-0.39, 0.29) is 42.1 Å². The molecular formula is C48H32N14Pt2-6. The number of nitriles is 1. The summed E-state index contributed by atoms with van der Waals surface area (Å²) in [6.45, 7) is 10.8. The molecule has 0 saturated heterocycles. The van der Waals surface area contributed by atoms with E-state index < -0.39 is 0 Å². The van der Waals surface area contributed by atoms with Crippen molar-refractivity contribution in [2.24, 2.45) is 0 Å². The Balaban J connectivity index is 0.000000126. The standard InChI is InChI=1S/2C12H10N4.2C12H6N3.2Pt/c2*1-15-9-16(10-5-3-2-4-6-10)12-11(15)13-7-8-14-12;1-13-11-7-6-9-8-4-2-3-5-10(8)14-12(9)15-11;13-7-8-5-6-10-9-3-1-2-4-11(9)15-12(10)14-8;;/h2*2-5,7-9H,1H3;2-7H;1-6H;;/q2*-2;2*-1;;. The fourth-order valence-electron chi connectivity index (χ4n) is 6.90. The Morgan fingerprint density at radius 2 is 1.02 bits per heavy atom. The summed E-state index contributed by atoms with van der Waals surface area (Å²) in [5, 5.41) is 12.9. The summed E-state index contributed by atoms with van der Waals surface area (Å²) in [5.41, 5.74) is 5.50. The van der Waals surface area contributed by atoms with Crippen molar-refractivity contribution in [2.45, 2.75) is 0 Å². The maximum atomic E-state index is 8.73. The third-order valence-corrected chi connectivity index (χ3v) is 9.73. The number of aromatic nitrogens is 8. The zero-order valence-electron chi connectivity index (χ0n) is 33.9. The van der Waals surface area contributed by atoms with Gasteiger partial charge >= 0.3 is 0 Å². The van der Waals surface area contributed by atoms with E-state index in [1.807, 2.05) is 162 Å². The van der Waals surface area contributed by atoms with Crippen LogP contribution in [0.3, 0.4) is 0 Å². The van der Waals surface area contributed by atoms with Gasteiger partial charge in [-0.1, -0.05) is 78.9 Å². The van der Waals surface area contributed by atoms with E-state index in [0.29, 0.717) is 22.8 Å². The predicted molar refractivity (Wildman–Crippen MR) is 240 cm³/mol. The summed E-state index contributed by atoms with van der Waals surface area (Å²) in [7, 11) is 3.91. The molecule has 0 spiro atoms. The van der Waals surface area contributed by atoms with Crippen molar-refractivity contribution in [2.75, 3.05) is 33.7 Å². The second-order valence-corrected chi connectivity index (χ2v) is 13.7. The van der Waals surface area contributed by atoms with E-state index in [4.69, 9.17) is 11.8 Å². The third-order valence-electron chi connectivity index (χ3n) is 9.73. The summed E-state index contributed by atoms with van der Waals surface area (Å²) in [5.74, 6) is 3.80. The summed E-state index contributed by atoms with van der Waals surface area (Å²) >= 11 is 0. The van der Waals surface area contributed by atoms with Gasteiger partial charge in [-0.3, -0.25) is 0 Å². The van der Waals surface area contributed by atoms with Crippen LogP contribution >= 0.6 is 0 Å². The van der Waals surface area contributed by atoms with Gasteiger partial charge in [-0.05, 0) is 58.4 Å². The van der Waals surface area contributed by atoms with Crippen molar-refractivity contribution in [1.29, 1.82) is 5.26 Å². The van der Waals surface area contributed by atoms with E-state index in [0.717, 1.165) is 67.2 Å². The first-order chi connectivity index (χ1) is 30.5. The van der Waals surface area contributed by atoms with Crippen molar-refractivity contribution >= 4 is 84.3 Å². The molecule has 0 amide bonds. The average molecular weight is 1200 g/mol. The van der Waals surface area contributed by atoms with E-state index in [1.54, 1.807) is 36.9 Å². The van der Waals surface area contributed by atoms with Gasteiger partial charge in [0.2, 0.25) is 0 Å². The second kappa shape index (κ2) is 20.1. The van der Waals surface area contributed by atoms with Crippen LogP contribution in [0.5, 0.6) is 0 Å². The van der Waals surface area contributed by atoms with Crippen molar-refractivity contribution in [1.82, 2.24) is 39.9 Å². The minimum Gasteiger partial charge on any atom is -0.487 e. The van der Waals surface area contributed by atoms with E-state index in [1.165, 1.54) is 0 Å². The molecule has 0 fully saturated rings. The Hall–Kier alpha value is -7.50. The van der Waals surface area contributed by atoms with Crippen LogP contribution < -0.4 is 29.6 Å². The Labute approximate surface area is 397 Å². The van der Waals surface area contributed by atoms with Gasteiger partial charge in [0.25, 0.3) is 0 Å². The van der Waals surface area contributed by atoms with E-state index in [2.05, 4.69) is 56.8 Å². The number of para-hydroxylation sites is 4. The summed E-state index contributed by atoms with van der Waals surface area (Å²) < 4.78 is 0. The molecule has 8 heterocycles. The first kappa shape index (κ1) is 44.5. The van der Waals surface area contributed by atoms with Crippen LogP contribution in [0, 0.1) is 43.4 Å². The van der Waals surface area contributed by atoms with Gasteiger partial charge in [-0.15, -0.1) is 24.7 Å². The minimum absolute atomic E-state index is 0. The number of nitrogens with zero attached hydrogens (tertiary/aromatic N) is 14. The number of hydrogen-bond donors (Lipinski definition) is 0. The molecule has 0 N–H and O–H groups in total. The van der Waals surface area contributed by atoms with Crippen LogP contribution in [-0.2, 0) is 42.1 Å². The molecule has 12 rings (SSSR count). The molecule has 10 aromatic rings.